The van der Waals surface area contributed by atoms with E-state index in [1.165, 1.54) is 14.0 Å². The van der Waals surface area contributed by atoms with Crippen LogP contribution in [0, 0.1) is 0 Å². The van der Waals surface area contributed by atoms with E-state index in [-0.39, 0.29) is 11.8 Å². The molecule has 25 heavy (non-hydrogen) atoms. The maximum Gasteiger partial charge on any atom is 0.255 e. The highest BCUT2D eigenvalue weighted by molar-refractivity contribution is 6.09. The van der Waals surface area contributed by atoms with Crippen LogP contribution in [0.1, 0.15) is 17.3 Å². The quantitative estimate of drug-likeness (QED) is 0.765. The Balaban J connectivity index is 1.91. The first-order valence-electron chi connectivity index (χ1n) is 7.69. The van der Waals surface area contributed by atoms with E-state index in [1.807, 2.05) is 24.3 Å². The zero-order valence-corrected chi connectivity index (χ0v) is 13.9. The fraction of sp³-hybridized carbons (Fsp3) is 0.105. The van der Waals surface area contributed by atoms with E-state index < -0.39 is 0 Å². The number of carbonyl (C=O) groups is 2. The number of ether oxygens (including phenoxy) is 1. The van der Waals surface area contributed by atoms with Gasteiger partial charge in [-0.05, 0) is 30.3 Å². The van der Waals surface area contributed by atoms with Crippen molar-refractivity contribution in [3.05, 3.63) is 60.3 Å². The van der Waals surface area contributed by atoms with Crippen molar-refractivity contribution < 1.29 is 14.3 Å². The average molecular weight is 335 g/mol. The first-order chi connectivity index (χ1) is 12.1. The molecule has 2 N–H and O–H groups in total. The summed E-state index contributed by atoms with van der Waals surface area (Å²) in [4.78, 5) is 28.2. The third-order valence-electron chi connectivity index (χ3n) is 3.65. The van der Waals surface area contributed by atoms with E-state index in [1.54, 1.807) is 30.5 Å². The molecule has 2 aromatic carbocycles. The number of methoxy groups -OCH3 is 1. The Morgan fingerprint density at radius 2 is 1.80 bits per heavy atom. The Hall–Kier alpha value is -3.41. The van der Waals surface area contributed by atoms with Gasteiger partial charge in [-0.25, -0.2) is 0 Å². The minimum absolute atomic E-state index is 0.242. The first kappa shape index (κ1) is 16.4. The summed E-state index contributed by atoms with van der Waals surface area (Å²) in [5, 5.41) is 6.46. The van der Waals surface area contributed by atoms with Crippen LogP contribution in [0.3, 0.4) is 0 Å². The number of hydrogen-bond acceptors (Lipinski definition) is 4. The zero-order chi connectivity index (χ0) is 17.8. The maximum atomic E-state index is 12.6. The topological polar surface area (TPSA) is 80.3 Å². The molecule has 1 aromatic heterocycles. The number of carbonyl (C=O) groups excluding carboxylic acids is 2. The average Bonchev–Trinajstić information content (AvgIpc) is 2.61. The van der Waals surface area contributed by atoms with Crippen molar-refractivity contribution >= 4 is 34.1 Å². The van der Waals surface area contributed by atoms with Gasteiger partial charge in [-0.2, -0.15) is 0 Å². The Kier molecular flexibility index (Phi) is 4.61. The number of pyridine rings is 1. The predicted octanol–water partition coefficient (Wildman–Crippen LogP) is 3.45. The Bertz CT molecular complexity index is 948. The Morgan fingerprint density at radius 1 is 1.00 bits per heavy atom. The monoisotopic (exact) mass is 335 g/mol. The minimum atomic E-state index is -0.299. The van der Waals surface area contributed by atoms with Gasteiger partial charge in [-0.1, -0.05) is 18.2 Å². The largest absolute Gasteiger partial charge is 0.495 e. The van der Waals surface area contributed by atoms with Crippen LogP contribution in [0.4, 0.5) is 11.4 Å². The highest BCUT2D eigenvalue weighted by Crippen LogP contribution is 2.27. The number of anilines is 2. The molecule has 126 valence electrons. The van der Waals surface area contributed by atoms with Crippen LogP contribution >= 0.6 is 0 Å². The van der Waals surface area contributed by atoms with Gasteiger partial charge < -0.3 is 15.4 Å². The van der Waals surface area contributed by atoms with Crippen LogP contribution in [0.5, 0.6) is 5.75 Å². The molecule has 0 saturated carbocycles. The number of nitrogens with one attached hydrogen (secondary N) is 2. The van der Waals surface area contributed by atoms with E-state index in [2.05, 4.69) is 15.6 Å². The van der Waals surface area contributed by atoms with Crippen LogP contribution in [0.15, 0.2) is 54.7 Å². The summed E-state index contributed by atoms with van der Waals surface area (Å²) in [6.45, 7) is 1.40. The van der Waals surface area contributed by atoms with Crippen LogP contribution in [0.2, 0.25) is 0 Å². The summed E-state index contributed by atoms with van der Waals surface area (Å²) in [6.07, 6.45) is 1.68. The van der Waals surface area contributed by atoms with Gasteiger partial charge in [0.15, 0.2) is 0 Å². The molecule has 3 aromatic rings. The second-order valence-electron chi connectivity index (χ2n) is 5.43. The van der Waals surface area contributed by atoms with Crippen molar-refractivity contribution in [2.24, 2.45) is 0 Å². The summed E-state index contributed by atoms with van der Waals surface area (Å²) in [5.74, 6) is -0.0555. The van der Waals surface area contributed by atoms with Crippen molar-refractivity contribution in [2.75, 3.05) is 17.7 Å². The lowest BCUT2D eigenvalue weighted by Crippen LogP contribution is -2.14. The smallest absolute Gasteiger partial charge is 0.255 e. The van der Waals surface area contributed by atoms with Crippen molar-refractivity contribution in [3.63, 3.8) is 0 Å². The third-order valence-corrected chi connectivity index (χ3v) is 3.65. The molecular weight excluding hydrogens is 318 g/mol. The van der Waals surface area contributed by atoms with Crippen LogP contribution < -0.4 is 15.4 Å². The second-order valence-corrected chi connectivity index (χ2v) is 5.43. The van der Waals surface area contributed by atoms with Gasteiger partial charge in [-0.15, -0.1) is 0 Å². The van der Waals surface area contributed by atoms with Crippen molar-refractivity contribution in [1.29, 1.82) is 0 Å². The number of fused-ring (bicyclic) bond motifs is 1. The molecule has 0 spiro atoms. The normalized spacial score (nSPS) is 10.3. The SMILES string of the molecule is COc1ccc(C(=O)Nc2cccc3cccnc23)cc1NC(C)=O. The van der Waals surface area contributed by atoms with Gasteiger partial charge >= 0.3 is 0 Å². The molecule has 0 aliphatic heterocycles. The number of rotatable bonds is 4. The van der Waals surface area contributed by atoms with Crippen molar-refractivity contribution in [2.45, 2.75) is 6.92 Å². The first-order valence-corrected chi connectivity index (χ1v) is 7.69. The molecule has 0 aliphatic rings. The lowest BCUT2D eigenvalue weighted by Gasteiger charge is -2.12. The lowest BCUT2D eigenvalue weighted by molar-refractivity contribution is -0.114. The van der Waals surface area contributed by atoms with Crippen molar-refractivity contribution in [1.82, 2.24) is 4.98 Å². The highest BCUT2D eigenvalue weighted by Gasteiger charge is 2.13. The molecule has 0 aliphatic carbocycles. The van der Waals surface area contributed by atoms with E-state index in [9.17, 15) is 9.59 Å². The summed E-state index contributed by atoms with van der Waals surface area (Å²) in [6, 6.07) is 14.2. The molecule has 1 heterocycles. The van der Waals surface area contributed by atoms with Crippen molar-refractivity contribution in [3.8, 4) is 5.75 Å². The summed E-state index contributed by atoms with van der Waals surface area (Å²) < 4.78 is 5.20. The van der Waals surface area contributed by atoms with Gasteiger partial charge in [-0.3, -0.25) is 14.6 Å². The molecule has 2 amide bonds. The van der Waals surface area contributed by atoms with Crippen LogP contribution in [0.25, 0.3) is 10.9 Å². The zero-order valence-electron chi connectivity index (χ0n) is 13.9. The van der Waals surface area contributed by atoms with Gasteiger partial charge in [0.25, 0.3) is 5.91 Å². The van der Waals surface area contributed by atoms with Gasteiger partial charge in [0.05, 0.1) is 24.0 Å². The van der Waals surface area contributed by atoms with Crippen LogP contribution in [-0.4, -0.2) is 23.9 Å². The number of hydrogen-bond donors (Lipinski definition) is 2. The lowest BCUT2D eigenvalue weighted by atomic mass is 10.1. The molecule has 0 radical (unpaired) electrons. The molecule has 0 bridgehead atoms. The number of benzene rings is 2. The van der Waals surface area contributed by atoms with Gasteiger partial charge in [0.1, 0.15) is 5.75 Å². The molecule has 3 rings (SSSR count). The molecule has 6 heteroatoms. The fourth-order valence-corrected chi connectivity index (χ4v) is 2.54. The number of aromatic nitrogens is 1. The van der Waals surface area contributed by atoms with Gasteiger partial charge in [0.2, 0.25) is 5.91 Å². The molecule has 0 saturated heterocycles. The maximum absolute atomic E-state index is 12.6. The van der Waals surface area contributed by atoms with E-state index in [0.717, 1.165) is 5.39 Å². The molecule has 0 fully saturated rings. The number of para-hydroxylation sites is 1. The number of amides is 2. The molecular formula is C19H17N3O3. The van der Waals surface area contributed by atoms with E-state index in [0.29, 0.717) is 28.2 Å². The number of nitrogens with zero attached hydrogens (tertiary/aromatic N) is 1. The summed E-state index contributed by atoms with van der Waals surface area (Å²) >= 11 is 0. The van der Waals surface area contributed by atoms with E-state index in [4.69, 9.17) is 4.74 Å². The second kappa shape index (κ2) is 7.00. The molecule has 6 nitrogen and oxygen atoms in total. The Labute approximate surface area is 144 Å². The summed E-state index contributed by atoms with van der Waals surface area (Å²) in [5.41, 5.74) is 2.19. The van der Waals surface area contributed by atoms with E-state index >= 15 is 0 Å². The molecule has 0 atom stereocenters. The highest BCUT2D eigenvalue weighted by atomic mass is 16.5. The fourth-order valence-electron chi connectivity index (χ4n) is 2.54. The molecule has 0 unspecified atom stereocenters. The summed E-state index contributed by atoms with van der Waals surface area (Å²) in [7, 11) is 1.50. The predicted molar refractivity (Wildman–Crippen MR) is 97.0 cm³/mol. The minimum Gasteiger partial charge on any atom is -0.495 e. The third kappa shape index (κ3) is 3.58. The van der Waals surface area contributed by atoms with Crippen LogP contribution in [-0.2, 0) is 4.79 Å². The van der Waals surface area contributed by atoms with Gasteiger partial charge in [0, 0.05) is 24.1 Å². The standard InChI is InChI=1S/C19H17N3O3/c1-12(23)21-16-11-14(8-9-17(16)25-2)19(24)22-15-7-3-5-13-6-4-10-20-18(13)15/h3-11H,1-2H3,(H,21,23)(H,22,24). The Morgan fingerprint density at radius 3 is 2.56 bits per heavy atom.